The van der Waals surface area contributed by atoms with Crippen molar-refractivity contribution >= 4 is 19.7 Å². The Kier molecular flexibility index (Phi) is 31.5. The van der Waals surface area contributed by atoms with Crippen molar-refractivity contribution in [3.63, 3.8) is 0 Å². The van der Waals surface area contributed by atoms with Crippen molar-refractivity contribution in [1.82, 2.24) is 5.32 Å². The van der Waals surface area contributed by atoms with Gasteiger partial charge >= 0.3 is 13.8 Å². The summed E-state index contributed by atoms with van der Waals surface area (Å²) in [5.74, 6) is -0.753. The van der Waals surface area contributed by atoms with Gasteiger partial charge in [-0.1, -0.05) is 179 Å². The fourth-order valence-corrected chi connectivity index (χ4v) is 7.36. The maximum atomic E-state index is 13.3. The number of carbonyl (C=O) groups excluding carboxylic acids is 2. The zero-order valence-electron chi connectivity index (χ0n) is 36.5. The molecule has 0 fully saturated rings. The van der Waals surface area contributed by atoms with Crippen LogP contribution in [0.5, 0.6) is 0 Å². The highest BCUT2D eigenvalue weighted by molar-refractivity contribution is 7.47. The molecule has 1 aromatic carbocycles. The molecule has 2 unspecified atom stereocenters. The molecule has 0 aromatic heterocycles. The number of quaternary nitrogens is 1. The van der Waals surface area contributed by atoms with Crippen molar-refractivity contribution in [3.8, 4) is 0 Å². The quantitative estimate of drug-likeness (QED) is 0.0225. The van der Waals surface area contributed by atoms with Gasteiger partial charge in [-0.25, -0.2) is 9.36 Å². The third-order valence-electron chi connectivity index (χ3n) is 10.2. The van der Waals surface area contributed by atoms with Gasteiger partial charge in [-0.3, -0.25) is 13.8 Å². The summed E-state index contributed by atoms with van der Waals surface area (Å²) in [6.07, 6.45) is 33.6. The molecule has 0 radical (unpaired) electrons. The molecular weight excluding hydrogens is 723 g/mol. The predicted molar refractivity (Wildman–Crippen MR) is 233 cm³/mol. The number of esters is 1. The third kappa shape index (κ3) is 31.0. The highest BCUT2D eigenvalue weighted by Gasteiger charge is 2.30. The first-order valence-corrected chi connectivity index (χ1v) is 24.1. The number of amides is 1. The van der Waals surface area contributed by atoms with Gasteiger partial charge in [-0.05, 0) is 37.5 Å². The van der Waals surface area contributed by atoms with E-state index in [0.29, 0.717) is 23.0 Å². The fraction of sp³-hybridized carbons (Fsp3) is 0.783. The van der Waals surface area contributed by atoms with Crippen LogP contribution >= 0.6 is 7.82 Å². The maximum absolute atomic E-state index is 13.3. The Morgan fingerprint density at radius 1 is 0.696 bits per heavy atom. The molecule has 1 rings (SSSR count). The summed E-state index contributed by atoms with van der Waals surface area (Å²) >= 11 is 0. The summed E-state index contributed by atoms with van der Waals surface area (Å²) in [7, 11) is 1.44. The standard InChI is InChI=1S/C46H83N2O7P/c1-6-8-10-12-14-16-18-20-22-24-26-28-33-37-44(55-46(50)42-35-31-30-32-36-42)43(41-54-56(51,52)53-40-39-48(3,4)5)47-45(49)38-34-29-27-25-23-21-19-17-15-13-11-9-7-2/h30-33,35-37,43-44H,6-29,34,38-41H2,1-5H3,(H-,47,49,51,52)/p+1/b37-33+/t43-,44?/m0/s1. The van der Waals surface area contributed by atoms with Crippen LogP contribution in [0.3, 0.4) is 0 Å². The fourth-order valence-electron chi connectivity index (χ4n) is 6.62. The second-order valence-corrected chi connectivity index (χ2v) is 18.2. The summed E-state index contributed by atoms with van der Waals surface area (Å²) in [5, 5.41) is 2.98. The van der Waals surface area contributed by atoms with Crippen LogP contribution < -0.4 is 5.32 Å². The smallest absolute Gasteiger partial charge is 0.452 e. The molecule has 0 bridgehead atoms. The molecule has 10 heteroatoms. The number of benzene rings is 1. The second-order valence-electron chi connectivity index (χ2n) is 16.8. The Hall–Kier alpha value is -2.03. The number of nitrogens with one attached hydrogen (secondary N) is 1. The number of unbranched alkanes of at least 4 members (excludes halogenated alkanes) is 23. The van der Waals surface area contributed by atoms with Gasteiger partial charge in [0.25, 0.3) is 0 Å². The minimum absolute atomic E-state index is 0.0264. The molecule has 324 valence electrons. The van der Waals surface area contributed by atoms with E-state index in [1.807, 2.05) is 33.3 Å². The van der Waals surface area contributed by atoms with E-state index in [1.54, 1.807) is 30.3 Å². The van der Waals surface area contributed by atoms with E-state index in [0.717, 1.165) is 38.5 Å². The van der Waals surface area contributed by atoms with Crippen LogP contribution in [-0.2, 0) is 23.1 Å². The van der Waals surface area contributed by atoms with Crippen LogP contribution in [0.15, 0.2) is 42.5 Å². The van der Waals surface area contributed by atoms with Gasteiger partial charge in [0.15, 0.2) is 0 Å². The highest BCUT2D eigenvalue weighted by Crippen LogP contribution is 2.43. The van der Waals surface area contributed by atoms with Crippen LogP contribution in [0.2, 0.25) is 0 Å². The van der Waals surface area contributed by atoms with E-state index in [4.69, 9.17) is 13.8 Å². The van der Waals surface area contributed by atoms with Gasteiger partial charge < -0.3 is 19.4 Å². The number of ether oxygens (including phenoxy) is 1. The van der Waals surface area contributed by atoms with Crippen LogP contribution in [-0.4, -0.2) is 74.3 Å². The summed E-state index contributed by atoms with van der Waals surface area (Å²) in [6, 6.07) is 7.82. The zero-order valence-corrected chi connectivity index (χ0v) is 37.4. The van der Waals surface area contributed by atoms with Gasteiger partial charge in [0.2, 0.25) is 5.91 Å². The number of phosphoric acid groups is 1. The van der Waals surface area contributed by atoms with Crippen molar-refractivity contribution in [3.05, 3.63) is 48.0 Å². The first kappa shape index (κ1) is 52.0. The third-order valence-corrected chi connectivity index (χ3v) is 11.2. The summed E-state index contributed by atoms with van der Waals surface area (Å²) in [4.78, 5) is 37.1. The van der Waals surface area contributed by atoms with Crippen molar-refractivity contribution in [1.29, 1.82) is 0 Å². The Labute approximate surface area is 343 Å². The van der Waals surface area contributed by atoms with E-state index < -0.39 is 25.9 Å². The molecule has 3 atom stereocenters. The van der Waals surface area contributed by atoms with Gasteiger partial charge in [-0.15, -0.1) is 0 Å². The largest absolute Gasteiger partial charge is 0.472 e. The van der Waals surface area contributed by atoms with Crippen molar-refractivity contribution in [2.45, 2.75) is 193 Å². The molecule has 56 heavy (non-hydrogen) atoms. The first-order chi connectivity index (χ1) is 27.0. The predicted octanol–water partition coefficient (Wildman–Crippen LogP) is 12.3. The monoisotopic (exact) mass is 808 g/mol. The Morgan fingerprint density at radius 3 is 1.64 bits per heavy atom. The summed E-state index contributed by atoms with van der Waals surface area (Å²) in [6.45, 7) is 4.67. The van der Waals surface area contributed by atoms with E-state index in [-0.39, 0.29) is 19.1 Å². The summed E-state index contributed by atoms with van der Waals surface area (Å²) < 4.78 is 30.2. The number of phosphoric ester groups is 1. The minimum atomic E-state index is -4.44. The number of rotatable bonds is 38. The molecule has 1 aromatic rings. The maximum Gasteiger partial charge on any atom is 0.472 e. The minimum Gasteiger partial charge on any atom is -0.452 e. The molecule has 0 saturated carbocycles. The molecule has 1 amide bonds. The number of nitrogens with zero attached hydrogens (tertiary/aromatic N) is 1. The van der Waals surface area contributed by atoms with Crippen molar-refractivity contribution in [2.75, 3.05) is 40.9 Å². The Morgan fingerprint density at radius 2 is 1.16 bits per heavy atom. The highest BCUT2D eigenvalue weighted by atomic mass is 31.2. The molecule has 0 aliphatic carbocycles. The molecule has 0 spiro atoms. The normalized spacial score (nSPS) is 14.1. The van der Waals surface area contributed by atoms with E-state index in [9.17, 15) is 19.0 Å². The number of hydrogen-bond donors (Lipinski definition) is 2. The van der Waals surface area contributed by atoms with Crippen LogP contribution in [0, 0.1) is 0 Å². The first-order valence-electron chi connectivity index (χ1n) is 22.6. The number of hydrogen-bond acceptors (Lipinski definition) is 6. The van der Waals surface area contributed by atoms with Crippen molar-refractivity contribution in [2.24, 2.45) is 0 Å². The number of allylic oxidation sites excluding steroid dienone is 1. The molecule has 9 nitrogen and oxygen atoms in total. The topological polar surface area (TPSA) is 111 Å². The van der Waals surface area contributed by atoms with Crippen LogP contribution in [0.4, 0.5) is 0 Å². The lowest BCUT2D eigenvalue weighted by molar-refractivity contribution is -0.870. The van der Waals surface area contributed by atoms with Crippen LogP contribution in [0.25, 0.3) is 0 Å². The zero-order chi connectivity index (χ0) is 41.2. The van der Waals surface area contributed by atoms with Gasteiger partial charge in [0.05, 0.1) is 39.4 Å². The SMILES string of the molecule is CCCCCCCCCCCCC/C=C/C(OC(=O)c1ccccc1)[C@H](COP(=O)(O)OCC[N+](C)(C)C)NC(=O)CCCCCCCCCCCCCCC. The second kappa shape index (κ2) is 33.9. The molecule has 0 aliphatic rings. The number of carbonyl (C=O) groups is 2. The van der Waals surface area contributed by atoms with Crippen LogP contribution in [0.1, 0.15) is 191 Å². The lowest BCUT2D eigenvalue weighted by Crippen LogP contribution is -2.47. The van der Waals surface area contributed by atoms with Gasteiger partial charge in [0, 0.05) is 6.42 Å². The lowest BCUT2D eigenvalue weighted by atomic mass is 10.0. The van der Waals surface area contributed by atoms with E-state index in [2.05, 4.69) is 19.2 Å². The Bertz CT molecular complexity index is 1170. The van der Waals surface area contributed by atoms with Gasteiger partial charge in [-0.2, -0.15) is 0 Å². The van der Waals surface area contributed by atoms with Crippen molar-refractivity contribution < 1.29 is 37.3 Å². The summed E-state index contributed by atoms with van der Waals surface area (Å²) in [5.41, 5.74) is 0.380. The van der Waals surface area contributed by atoms with E-state index in [1.165, 1.54) is 122 Å². The van der Waals surface area contributed by atoms with E-state index >= 15 is 0 Å². The molecule has 0 saturated heterocycles. The molecule has 0 heterocycles. The lowest BCUT2D eigenvalue weighted by Gasteiger charge is -2.27. The number of likely N-dealkylation sites (N-methyl/N-ethyl adjacent to an activating group) is 1. The average Bonchev–Trinajstić information content (AvgIpc) is 3.16. The molecule has 0 aliphatic heterocycles. The molecule has 2 N–H and O–H groups in total. The molecular formula is C46H84N2O7P+. The van der Waals surface area contributed by atoms with Gasteiger partial charge in [0.1, 0.15) is 19.3 Å². The Balaban J connectivity index is 2.81. The average molecular weight is 808 g/mol.